The number of carbonyl (C=O) groups is 1. The summed E-state index contributed by atoms with van der Waals surface area (Å²) in [5, 5.41) is 0. The lowest BCUT2D eigenvalue weighted by Crippen LogP contribution is -2.22. The van der Waals surface area contributed by atoms with Crippen molar-refractivity contribution in [3.63, 3.8) is 0 Å². The minimum atomic E-state index is -0.728. The number of halogens is 2. The van der Waals surface area contributed by atoms with Crippen molar-refractivity contribution in [3.05, 3.63) is 47.2 Å². The van der Waals surface area contributed by atoms with Gasteiger partial charge in [0, 0.05) is 17.2 Å². The van der Waals surface area contributed by atoms with E-state index in [1.54, 1.807) is 0 Å². The molecule has 1 aromatic carbocycles. The molecular formula is C16H14F2N2O2. The molecule has 22 heavy (non-hydrogen) atoms. The van der Waals surface area contributed by atoms with Crippen molar-refractivity contribution in [2.45, 2.75) is 13.3 Å². The van der Waals surface area contributed by atoms with Crippen LogP contribution in [-0.2, 0) is 6.42 Å². The maximum absolute atomic E-state index is 14.1. The van der Waals surface area contributed by atoms with Crippen LogP contribution in [0.25, 0.3) is 11.1 Å². The van der Waals surface area contributed by atoms with Gasteiger partial charge in [0.25, 0.3) is 5.91 Å². The van der Waals surface area contributed by atoms with Crippen LogP contribution in [0.4, 0.5) is 8.78 Å². The molecule has 0 bridgehead atoms. The molecule has 4 nitrogen and oxygen atoms in total. The van der Waals surface area contributed by atoms with Gasteiger partial charge in [-0.2, -0.15) is 0 Å². The van der Waals surface area contributed by atoms with E-state index in [1.165, 1.54) is 18.2 Å². The van der Waals surface area contributed by atoms with Crippen LogP contribution >= 0.6 is 0 Å². The van der Waals surface area contributed by atoms with Gasteiger partial charge in [0.15, 0.2) is 0 Å². The predicted octanol–water partition coefficient (Wildman–Crippen LogP) is 2.70. The number of nitrogens with two attached hydrogens (primary N) is 1. The summed E-state index contributed by atoms with van der Waals surface area (Å²) >= 11 is 0. The maximum atomic E-state index is 14.1. The van der Waals surface area contributed by atoms with Crippen LogP contribution in [0.3, 0.4) is 0 Å². The number of hydrogen-bond acceptors (Lipinski definition) is 3. The Morgan fingerprint density at radius 2 is 2.09 bits per heavy atom. The summed E-state index contributed by atoms with van der Waals surface area (Å²) < 4.78 is 32.8. The van der Waals surface area contributed by atoms with Crippen molar-refractivity contribution in [3.8, 4) is 17.0 Å². The highest BCUT2D eigenvalue weighted by Crippen LogP contribution is 2.36. The van der Waals surface area contributed by atoms with Crippen molar-refractivity contribution in [2.75, 3.05) is 6.61 Å². The molecule has 0 spiro atoms. The summed E-state index contributed by atoms with van der Waals surface area (Å²) in [5.41, 5.74) is 6.62. The maximum Gasteiger partial charge on any atom is 0.267 e. The largest absolute Gasteiger partial charge is 0.477 e. The number of hydrogen-bond donors (Lipinski definition) is 1. The molecule has 2 N–H and O–H groups in total. The number of benzene rings is 1. The first-order valence-electron chi connectivity index (χ1n) is 6.87. The normalized spacial score (nSPS) is 16.8. The highest BCUT2D eigenvalue weighted by Gasteiger charge is 2.25. The van der Waals surface area contributed by atoms with Crippen molar-refractivity contribution >= 4 is 5.91 Å². The molecule has 0 saturated carbocycles. The fourth-order valence-corrected chi connectivity index (χ4v) is 2.57. The lowest BCUT2D eigenvalue weighted by Gasteiger charge is -2.24. The molecule has 1 atom stereocenters. The van der Waals surface area contributed by atoms with Gasteiger partial charge in [-0.25, -0.2) is 13.8 Å². The van der Waals surface area contributed by atoms with Crippen LogP contribution in [0.15, 0.2) is 24.3 Å². The summed E-state index contributed by atoms with van der Waals surface area (Å²) in [6.07, 6.45) is 0.632. The molecule has 0 unspecified atom stereocenters. The molecular weight excluding hydrogens is 290 g/mol. The Balaban J connectivity index is 2.24. The smallest absolute Gasteiger partial charge is 0.267 e. The minimum absolute atomic E-state index is 0.00738. The third-order valence-electron chi connectivity index (χ3n) is 3.62. The molecule has 1 aliphatic heterocycles. The molecule has 3 rings (SSSR count). The number of amides is 1. The molecule has 6 heteroatoms. The SMILES string of the molecule is C[C@H]1COc2nc(C(N)=O)cc(-c3ccc(F)cc3F)c2C1. The number of rotatable bonds is 2. The third kappa shape index (κ3) is 2.52. The van der Waals surface area contributed by atoms with E-state index in [0.29, 0.717) is 24.2 Å². The zero-order chi connectivity index (χ0) is 15.9. The second kappa shape index (κ2) is 5.36. The summed E-state index contributed by atoms with van der Waals surface area (Å²) in [6, 6.07) is 4.74. The second-order valence-electron chi connectivity index (χ2n) is 5.45. The van der Waals surface area contributed by atoms with Gasteiger partial charge in [0.2, 0.25) is 5.88 Å². The van der Waals surface area contributed by atoms with Crippen molar-refractivity contribution in [2.24, 2.45) is 11.7 Å². The zero-order valence-electron chi connectivity index (χ0n) is 11.9. The zero-order valence-corrected chi connectivity index (χ0v) is 11.9. The molecule has 1 aliphatic rings. The van der Waals surface area contributed by atoms with E-state index in [4.69, 9.17) is 10.5 Å². The lowest BCUT2D eigenvalue weighted by molar-refractivity contribution is 0.0993. The Bertz CT molecular complexity index is 762. The molecule has 114 valence electrons. The van der Waals surface area contributed by atoms with Crippen LogP contribution in [0.1, 0.15) is 23.0 Å². The number of nitrogens with zero attached hydrogens (tertiary/aromatic N) is 1. The van der Waals surface area contributed by atoms with E-state index in [-0.39, 0.29) is 23.1 Å². The standard InChI is InChI=1S/C16H14F2N2O2/c1-8-4-12-11(10-3-2-9(17)5-13(10)18)6-14(15(19)21)20-16(12)22-7-8/h2-3,5-6,8H,4,7H2,1H3,(H2,19,21)/t8-/m1/s1. The van der Waals surface area contributed by atoms with Crippen LogP contribution in [0.2, 0.25) is 0 Å². The van der Waals surface area contributed by atoms with Gasteiger partial charge < -0.3 is 10.5 Å². The first-order chi connectivity index (χ1) is 10.5. The quantitative estimate of drug-likeness (QED) is 0.927. The lowest BCUT2D eigenvalue weighted by atomic mass is 9.92. The van der Waals surface area contributed by atoms with E-state index < -0.39 is 17.5 Å². The van der Waals surface area contributed by atoms with Crippen molar-refractivity contribution in [1.82, 2.24) is 4.98 Å². The van der Waals surface area contributed by atoms with Crippen molar-refractivity contribution in [1.29, 1.82) is 0 Å². The molecule has 1 amide bonds. The van der Waals surface area contributed by atoms with E-state index in [1.807, 2.05) is 6.92 Å². The van der Waals surface area contributed by atoms with Crippen LogP contribution < -0.4 is 10.5 Å². The fraction of sp³-hybridized carbons (Fsp3) is 0.250. The summed E-state index contributed by atoms with van der Waals surface area (Å²) in [6.45, 7) is 2.46. The molecule has 0 fully saturated rings. The first kappa shape index (κ1) is 14.4. The van der Waals surface area contributed by atoms with Gasteiger partial charge in [-0.05, 0) is 36.1 Å². The molecule has 1 aromatic heterocycles. The number of aromatic nitrogens is 1. The monoisotopic (exact) mass is 304 g/mol. The third-order valence-corrected chi connectivity index (χ3v) is 3.62. The van der Waals surface area contributed by atoms with Gasteiger partial charge in [0.05, 0.1) is 6.61 Å². The molecule has 2 aromatic rings. The minimum Gasteiger partial charge on any atom is -0.477 e. The van der Waals surface area contributed by atoms with Gasteiger partial charge in [0.1, 0.15) is 17.3 Å². The molecule has 0 saturated heterocycles. The number of carbonyl (C=O) groups excluding carboxylic acids is 1. The Kier molecular flexibility index (Phi) is 3.52. The topological polar surface area (TPSA) is 65.2 Å². The molecule has 0 radical (unpaired) electrons. The Morgan fingerprint density at radius 3 is 2.77 bits per heavy atom. The van der Waals surface area contributed by atoms with E-state index in [2.05, 4.69) is 4.98 Å². The molecule has 0 aliphatic carbocycles. The van der Waals surface area contributed by atoms with Gasteiger partial charge >= 0.3 is 0 Å². The number of ether oxygens (including phenoxy) is 1. The van der Waals surface area contributed by atoms with Crippen LogP contribution in [0, 0.1) is 17.6 Å². The Morgan fingerprint density at radius 1 is 1.32 bits per heavy atom. The summed E-state index contributed by atoms with van der Waals surface area (Å²) in [4.78, 5) is 15.5. The van der Waals surface area contributed by atoms with E-state index in [9.17, 15) is 13.6 Å². The number of primary amides is 1. The van der Waals surface area contributed by atoms with E-state index >= 15 is 0 Å². The van der Waals surface area contributed by atoms with Gasteiger partial charge in [-0.1, -0.05) is 6.92 Å². The number of pyridine rings is 1. The van der Waals surface area contributed by atoms with Crippen LogP contribution in [-0.4, -0.2) is 17.5 Å². The first-order valence-corrected chi connectivity index (χ1v) is 6.87. The van der Waals surface area contributed by atoms with Crippen molar-refractivity contribution < 1.29 is 18.3 Å². The second-order valence-corrected chi connectivity index (χ2v) is 5.45. The number of fused-ring (bicyclic) bond motifs is 1. The molecule has 2 heterocycles. The van der Waals surface area contributed by atoms with E-state index in [0.717, 1.165) is 6.07 Å². The fourth-order valence-electron chi connectivity index (χ4n) is 2.57. The van der Waals surface area contributed by atoms with Crippen LogP contribution in [0.5, 0.6) is 5.88 Å². The predicted molar refractivity (Wildman–Crippen MR) is 76.5 cm³/mol. The Labute approximate surface area is 125 Å². The Hall–Kier alpha value is -2.50. The average Bonchev–Trinajstić information content (AvgIpc) is 2.46. The van der Waals surface area contributed by atoms with Gasteiger partial charge in [-0.3, -0.25) is 4.79 Å². The summed E-state index contributed by atoms with van der Waals surface area (Å²) in [7, 11) is 0. The van der Waals surface area contributed by atoms with Gasteiger partial charge in [-0.15, -0.1) is 0 Å². The average molecular weight is 304 g/mol. The summed E-state index contributed by atoms with van der Waals surface area (Å²) in [5.74, 6) is -1.58. The highest BCUT2D eigenvalue weighted by molar-refractivity contribution is 5.93. The highest BCUT2D eigenvalue weighted by atomic mass is 19.1.